The molecular formula is C6H13NO. The van der Waals surface area contributed by atoms with E-state index in [1.165, 1.54) is 0 Å². The Labute approximate surface area is 50.4 Å². The van der Waals surface area contributed by atoms with Crippen LogP contribution in [-0.2, 0) is 4.74 Å². The summed E-state index contributed by atoms with van der Waals surface area (Å²) < 4.78 is 4.99. The molecular weight excluding hydrogens is 102 g/mol. The van der Waals surface area contributed by atoms with E-state index in [2.05, 4.69) is 25.7 Å². The summed E-state index contributed by atoms with van der Waals surface area (Å²) in [5.41, 5.74) is 0.304. The SMILES string of the molecule is CC(C)(C)N1COC1. The van der Waals surface area contributed by atoms with Crippen LogP contribution in [0.5, 0.6) is 0 Å². The quantitative estimate of drug-likeness (QED) is 0.467. The highest BCUT2D eigenvalue weighted by Crippen LogP contribution is 2.17. The second-order valence-corrected chi connectivity index (χ2v) is 3.17. The van der Waals surface area contributed by atoms with Crippen molar-refractivity contribution in [2.24, 2.45) is 0 Å². The fourth-order valence-corrected chi connectivity index (χ4v) is 0.570. The van der Waals surface area contributed by atoms with Crippen LogP contribution in [0.4, 0.5) is 0 Å². The van der Waals surface area contributed by atoms with Crippen LogP contribution in [0.2, 0.25) is 0 Å². The Morgan fingerprint density at radius 2 is 1.75 bits per heavy atom. The van der Waals surface area contributed by atoms with Gasteiger partial charge in [0.25, 0.3) is 0 Å². The van der Waals surface area contributed by atoms with Crippen LogP contribution in [0.1, 0.15) is 20.8 Å². The van der Waals surface area contributed by atoms with E-state index in [1.54, 1.807) is 0 Å². The molecule has 1 fully saturated rings. The fourth-order valence-electron chi connectivity index (χ4n) is 0.570. The van der Waals surface area contributed by atoms with Crippen LogP contribution < -0.4 is 0 Å². The minimum absolute atomic E-state index is 0.304. The largest absolute Gasteiger partial charge is 0.351 e. The van der Waals surface area contributed by atoms with Crippen molar-refractivity contribution in [3.05, 3.63) is 0 Å². The molecule has 8 heavy (non-hydrogen) atoms. The summed E-state index contributed by atoms with van der Waals surface area (Å²) in [6.07, 6.45) is 0. The van der Waals surface area contributed by atoms with Gasteiger partial charge in [0.2, 0.25) is 0 Å². The summed E-state index contributed by atoms with van der Waals surface area (Å²) in [5.74, 6) is 0. The molecule has 2 nitrogen and oxygen atoms in total. The third kappa shape index (κ3) is 1.01. The van der Waals surface area contributed by atoms with Crippen molar-refractivity contribution in [1.82, 2.24) is 4.90 Å². The van der Waals surface area contributed by atoms with E-state index in [0.29, 0.717) is 5.54 Å². The third-order valence-corrected chi connectivity index (χ3v) is 1.44. The lowest BCUT2D eigenvalue weighted by atomic mass is 10.1. The lowest BCUT2D eigenvalue weighted by Crippen LogP contribution is -2.51. The molecule has 0 aliphatic carbocycles. The van der Waals surface area contributed by atoms with Crippen LogP contribution >= 0.6 is 0 Å². The zero-order chi connectivity index (χ0) is 6.20. The van der Waals surface area contributed by atoms with Gasteiger partial charge in [-0.1, -0.05) is 0 Å². The number of rotatable bonds is 0. The highest BCUT2D eigenvalue weighted by molar-refractivity contribution is 4.74. The summed E-state index contributed by atoms with van der Waals surface area (Å²) in [6, 6.07) is 0. The maximum atomic E-state index is 4.99. The summed E-state index contributed by atoms with van der Waals surface area (Å²) >= 11 is 0. The van der Waals surface area contributed by atoms with Gasteiger partial charge in [-0.25, -0.2) is 0 Å². The number of hydrogen-bond acceptors (Lipinski definition) is 2. The predicted molar refractivity (Wildman–Crippen MR) is 32.4 cm³/mol. The topological polar surface area (TPSA) is 12.5 Å². The van der Waals surface area contributed by atoms with E-state index in [9.17, 15) is 0 Å². The Balaban J connectivity index is 2.34. The van der Waals surface area contributed by atoms with Gasteiger partial charge in [-0.15, -0.1) is 0 Å². The molecule has 1 saturated heterocycles. The Bertz CT molecular complexity index is 81.0. The predicted octanol–water partition coefficient (Wildman–Crippen LogP) is 1.03. The number of nitrogens with zero attached hydrogens (tertiary/aromatic N) is 1. The van der Waals surface area contributed by atoms with Gasteiger partial charge in [0.1, 0.15) is 13.5 Å². The van der Waals surface area contributed by atoms with Crippen LogP contribution in [0.25, 0.3) is 0 Å². The molecule has 0 bridgehead atoms. The Hall–Kier alpha value is -0.0800. The molecule has 0 aromatic rings. The van der Waals surface area contributed by atoms with Crippen LogP contribution in [0.3, 0.4) is 0 Å². The average Bonchev–Trinajstić information content (AvgIpc) is 1.16. The van der Waals surface area contributed by atoms with Crippen molar-refractivity contribution in [2.75, 3.05) is 13.5 Å². The van der Waals surface area contributed by atoms with E-state index in [4.69, 9.17) is 4.74 Å². The molecule has 1 rings (SSSR count). The van der Waals surface area contributed by atoms with Crippen LogP contribution in [0, 0.1) is 0 Å². The molecule has 0 atom stereocenters. The Kier molecular flexibility index (Phi) is 1.29. The van der Waals surface area contributed by atoms with E-state index in [1.807, 2.05) is 0 Å². The zero-order valence-electron chi connectivity index (χ0n) is 5.77. The van der Waals surface area contributed by atoms with E-state index in [0.717, 1.165) is 13.5 Å². The van der Waals surface area contributed by atoms with E-state index >= 15 is 0 Å². The lowest BCUT2D eigenvalue weighted by molar-refractivity contribution is -0.183. The minimum Gasteiger partial charge on any atom is -0.351 e. The van der Waals surface area contributed by atoms with Crippen molar-refractivity contribution >= 4 is 0 Å². The van der Waals surface area contributed by atoms with Crippen molar-refractivity contribution in [1.29, 1.82) is 0 Å². The first-order valence-electron chi connectivity index (χ1n) is 2.93. The first kappa shape index (κ1) is 6.05. The number of hydrogen-bond donors (Lipinski definition) is 0. The van der Waals surface area contributed by atoms with Gasteiger partial charge >= 0.3 is 0 Å². The molecule has 0 amide bonds. The second kappa shape index (κ2) is 1.71. The molecule has 0 unspecified atom stereocenters. The highest BCUT2D eigenvalue weighted by atomic mass is 16.5. The molecule has 0 N–H and O–H groups in total. The highest BCUT2D eigenvalue weighted by Gasteiger charge is 2.26. The van der Waals surface area contributed by atoms with Gasteiger partial charge in [0.05, 0.1) is 0 Å². The van der Waals surface area contributed by atoms with Gasteiger partial charge in [0.15, 0.2) is 0 Å². The minimum atomic E-state index is 0.304. The summed E-state index contributed by atoms with van der Waals surface area (Å²) in [4.78, 5) is 2.27. The lowest BCUT2D eigenvalue weighted by Gasteiger charge is -2.41. The molecule has 0 spiro atoms. The summed E-state index contributed by atoms with van der Waals surface area (Å²) in [6.45, 7) is 8.19. The van der Waals surface area contributed by atoms with E-state index < -0.39 is 0 Å². The third-order valence-electron chi connectivity index (χ3n) is 1.44. The van der Waals surface area contributed by atoms with Gasteiger partial charge in [0, 0.05) is 5.54 Å². The zero-order valence-corrected chi connectivity index (χ0v) is 5.77. The van der Waals surface area contributed by atoms with Gasteiger partial charge in [-0.05, 0) is 20.8 Å². The van der Waals surface area contributed by atoms with Gasteiger partial charge < -0.3 is 4.74 Å². The van der Waals surface area contributed by atoms with Crippen molar-refractivity contribution < 1.29 is 4.74 Å². The molecule has 0 aromatic heterocycles. The normalized spacial score (nSPS) is 22.9. The molecule has 0 aromatic carbocycles. The molecule has 48 valence electrons. The maximum absolute atomic E-state index is 4.99. The second-order valence-electron chi connectivity index (χ2n) is 3.17. The monoisotopic (exact) mass is 115 g/mol. The maximum Gasteiger partial charge on any atom is 0.103 e. The Morgan fingerprint density at radius 1 is 1.25 bits per heavy atom. The fraction of sp³-hybridized carbons (Fsp3) is 1.00. The van der Waals surface area contributed by atoms with Crippen molar-refractivity contribution in [2.45, 2.75) is 26.3 Å². The van der Waals surface area contributed by atoms with Gasteiger partial charge in [-0.3, -0.25) is 4.90 Å². The van der Waals surface area contributed by atoms with Crippen molar-refractivity contribution in [3.63, 3.8) is 0 Å². The van der Waals surface area contributed by atoms with Crippen LogP contribution in [-0.4, -0.2) is 23.9 Å². The first-order valence-corrected chi connectivity index (χ1v) is 2.93. The van der Waals surface area contributed by atoms with E-state index in [-0.39, 0.29) is 0 Å². The summed E-state index contributed by atoms with van der Waals surface area (Å²) in [5, 5.41) is 0. The van der Waals surface area contributed by atoms with Gasteiger partial charge in [-0.2, -0.15) is 0 Å². The molecule has 1 heterocycles. The molecule has 0 radical (unpaired) electrons. The molecule has 2 heteroatoms. The average molecular weight is 115 g/mol. The Morgan fingerprint density at radius 3 is 1.75 bits per heavy atom. The van der Waals surface area contributed by atoms with Crippen LogP contribution in [0.15, 0.2) is 0 Å². The summed E-state index contributed by atoms with van der Waals surface area (Å²) in [7, 11) is 0. The number of ether oxygens (including phenoxy) is 1. The smallest absolute Gasteiger partial charge is 0.103 e. The molecule has 1 aliphatic heterocycles. The molecule has 1 aliphatic rings. The first-order chi connectivity index (χ1) is 3.61. The molecule has 0 saturated carbocycles. The van der Waals surface area contributed by atoms with Crippen molar-refractivity contribution in [3.8, 4) is 0 Å². The standard InChI is InChI=1S/C6H13NO/c1-6(2,3)7-4-8-5-7/h4-5H2,1-3H3.